The zero-order chi connectivity index (χ0) is 20.0. The lowest BCUT2D eigenvalue weighted by Crippen LogP contribution is -2.30. The summed E-state index contributed by atoms with van der Waals surface area (Å²) >= 11 is 6.02. The van der Waals surface area contributed by atoms with Crippen LogP contribution in [0, 0.1) is 6.92 Å². The van der Waals surface area contributed by atoms with Gasteiger partial charge < -0.3 is 20.5 Å². The maximum Gasteiger partial charge on any atom is 0.338 e. The van der Waals surface area contributed by atoms with E-state index in [2.05, 4.69) is 5.32 Å². The Morgan fingerprint density at radius 2 is 1.81 bits per heavy atom. The second kappa shape index (κ2) is 9.05. The fraction of sp³-hybridized carbons (Fsp3) is 0.211. The molecule has 27 heavy (non-hydrogen) atoms. The third-order valence-electron chi connectivity index (χ3n) is 3.65. The molecule has 0 fully saturated rings. The first-order valence-corrected chi connectivity index (χ1v) is 8.44. The van der Waals surface area contributed by atoms with Gasteiger partial charge in [-0.05, 0) is 55.8 Å². The summed E-state index contributed by atoms with van der Waals surface area (Å²) in [6.07, 6.45) is -1.01. The third-order valence-corrected chi connectivity index (χ3v) is 4.06. The normalized spacial score (nSPS) is 11.4. The number of nitrogens with one attached hydrogen (secondary N) is 1. The summed E-state index contributed by atoms with van der Waals surface area (Å²) in [5.41, 5.74) is 6.49. The van der Waals surface area contributed by atoms with Gasteiger partial charge in [0.25, 0.3) is 11.8 Å². The molecule has 0 aliphatic carbocycles. The molecular weight excluding hydrogens is 372 g/mol. The van der Waals surface area contributed by atoms with Crippen LogP contribution in [0.1, 0.15) is 22.8 Å². The van der Waals surface area contributed by atoms with Gasteiger partial charge in [0.2, 0.25) is 0 Å². The highest BCUT2D eigenvalue weighted by Gasteiger charge is 2.20. The molecule has 0 radical (unpaired) electrons. The van der Waals surface area contributed by atoms with E-state index < -0.39 is 23.9 Å². The SMILES string of the molecule is Cc1c(Cl)cccc1NC(=O)[C@H](C)OC(=O)c1ccc(OCC(N)=O)cc1. The molecule has 2 aromatic rings. The molecule has 0 unspecified atom stereocenters. The fourth-order valence-corrected chi connectivity index (χ4v) is 2.28. The lowest BCUT2D eigenvalue weighted by molar-refractivity contribution is -0.123. The molecule has 3 N–H and O–H groups in total. The average molecular weight is 391 g/mol. The van der Waals surface area contributed by atoms with Crippen molar-refractivity contribution in [3.05, 3.63) is 58.6 Å². The van der Waals surface area contributed by atoms with Gasteiger partial charge in [0, 0.05) is 10.7 Å². The predicted molar refractivity (Wildman–Crippen MR) is 101 cm³/mol. The number of ether oxygens (including phenoxy) is 2. The number of amides is 2. The van der Waals surface area contributed by atoms with E-state index >= 15 is 0 Å². The van der Waals surface area contributed by atoms with Crippen molar-refractivity contribution in [2.75, 3.05) is 11.9 Å². The monoisotopic (exact) mass is 390 g/mol. The summed E-state index contributed by atoms with van der Waals surface area (Å²) in [6.45, 7) is 2.98. The van der Waals surface area contributed by atoms with Crippen LogP contribution in [-0.2, 0) is 14.3 Å². The largest absolute Gasteiger partial charge is 0.484 e. The molecule has 0 bridgehead atoms. The van der Waals surface area contributed by atoms with E-state index in [1.165, 1.54) is 31.2 Å². The smallest absolute Gasteiger partial charge is 0.338 e. The number of esters is 1. The molecule has 0 saturated heterocycles. The fourth-order valence-electron chi connectivity index (χ4n) is 2.10. The van der Waals surface area contributed by atoms with Crippen molar-refractivity contribution >= 4 is 35.1 Å². The summed E-state index contributed by atoms with van der Waals surface area (Å²) in [5.74, 6) is -1.36. The van der Waals surface area contributed by atoms with Crippen molar-refractivity contribution in [2.45, 2.75) is 20.0 Å². The van der Waals surface area contributed by atoms with E-state index in [1.54, 1.807) is 25.1 Å². The van der Waals surface area contributed by atoms with Crippen molar-refractivity contribution < 1.29 is 23.9 Å². The van der Waals surface area contributed by atoms with Crippen LogP contribution in [0.2, 0.25) is 5.02 Å². The molecule has 0 aromatic heterocycles. The van der Waals surface area contributed by atoms with E-state index in [-0.39, 0.29) is 12.2 Å². The zero-order valence-electron chi connectivity index (χ0n) is 14.8. The molecule has 0 heterocycles. The van der Waals surface area contributed by atoms with Crippen LogP contribution in [0.25, 0.3) is 0 Å². The molecule has 142 valence electrons. The highest BCUT2D eigenvalue weighted by atomic mass is 35.5. The van der Waals surface area contributed by atoms with Crippen LogP contribution in [-0.4, -0.2) is 30.5 Å². The Labute approximate surface area is 161 Å². The summed E-state index contributed by atoms with van der Waals surface area (Å²) in [4.78, 5) is 35.1. The van der Waals surface area contributed by atoms with Crippen molar-refractivity contribution in [3.63, 3.8) is 0 Å². The second-order valence-electron chi connectivity index (χ2n) is 5.73. The lowest BCUT2D eigenvalue weighted by Gasteiger charge is -2.15. The highest BCUT2D eigenvalue weighted by Crippen LogP contribution is 2.23. The Balaban J connectivity index is 1.95. The number of rotatable bonds is 7. The van der Waals surface area contributed by atoms with Gasteiger partial charge in [-0.2, -0.15) is 0 Å². The summed E-state index contributed by atoms with van der Waals surface area (Å²) in [5, 5.41) is 3.20. The van der Waals surface area contributed by atoms with E-state index in [0.29, 0.717) is 16.5 Å². The molecular formula is C19H19ClN2O5. The van der Waals surface area contributed by atoms with Crippen LogP contribution >= 0.6 is 11.6 Å². The van der Waals surface area contributed by atoms with Gasteiger partial charge in [-0.25, -0.2) is 4.79 Å². The maximum absolute atomic E-state index is 12.3. The summed E-state index contributed by atoms with van der Waals surface area (Å²) < 4.78 is 10.3. The Morgan fingerprint density at radius 3 is 2.44 bits per heavy atom. The number of anilines is 1. The minimum Gasteiger partial charge on any atom is -0.484 e. The molecule has 1 atom stereocenters. The molecule has 0 saturated carbocycles. The van der Waals surface area contributed by atoms with Crippen LogP contribution in [0.3, 0.4) is 0 Å². The zero-order valence-corrected chi connectivity index (χ0v) is 15.6. The van der Waals surface area contributed by atoms with Gasteiger partial charge in [-0.3, -0.25) is 9.59 Å². The van der Waals surface area contributed by atoms with Gasteiger partial charge in [0.15, 0.2) is 12.7 Å². The van der Waals surface area contributed by atoms with Crippen molar-refractivity contribution in [1.82, 2.24) is 0 Å². The summed E-state index contributed by atoms with van der Waals surface area (Å²) in [6, 6.07) is 11.1. The minimum absolute atomic E-state index is 0.236. The van der Waals surface area contributed by atoms with Crippen molar-refractivity contribution in [2.24, 2.45) is 5.73 Å². The lowest BCUT2D eigenvalue weighted by atomic mass is 10.2. The number of carbonyl (C=O) groups is 3. The van der Waals surface area contributed by atoms with Gasteiger partial charge in [-0.15, -0.1) is 0 Å². The molecule has 0 aliphatic rings. The van der Waals surface area contributed by atoms with Gasteiger partial charge in [0.1, 0.15) is 5.75 Å². The molecule has 0 spiro atoms. The number of carbonyl (C=O) groups excluding carboxylic acids is 3. The number of hydrogen-bond donors (Lipinski definition) is 2. The minimum atomic E-state index is -1.01. The molecule has 7 nitrogen and oxygen atoms in total. The quantitative estimate of drug-likeness (QED) is 0.706. The first-order valence-electron chi connectivity index (χ1n) is 8.06. The van der Waals surface area contributed by atoms with Crippen LogP contribution in [0.5, 0.6) is 5.75 Å². The number of benzene rings is 2. The molecule has 2 aromatic carbocycles. The van der Waals surface area contributed by atoms with E-state index in [0.717, 1.165) is 5.56 Å². The van der Waals surface area contributed by atoms with E-state index in [1.807, 2.05) is 0 Å². The molecule has 2 rings (SSSR count). The average Bonchev–Trinajstić information content (AvgIpc) is 2.64. The van der Waals surface area contributed by atoms with Crippen LogP contribution in [0.4, 0.5) is 5.69 Å². The first-order chi connectivity index (χ1) is 12.8. The number of nitrogens with two attached hydrogens (primary N) is 1. The number of hydrogen-bond acceptors (Lipinski definition) is 5. The third kappa shape index (κ3) is 5.72. The van der Waals surface area contributed by atoms with Crippen LogP contribution < -0.4 is 15.8 Å². The number of primary amides is 1. The van der Waals surface area contributed by atoms with Gasteiger partial charge in [0.05, 0.1) is 5.56 Å². The van der Waals surface area contributed by atoms with Crippen molar-refractivity contribution in [1.29, 1.82) is 0 Å². The molecule has 8 heteroatoms. The van der Waals surface area contributed by atoms with Gasteiger partial charge in [-0.1, -0.05) is 17.7 Å². The Morgan fingerprint density at radius 1 is 1.15 bits per heavy atom. The van der Waals surface area contributed by atoms with Crippen LogP contribution in [0.15, 0.2) is 42.5 Å². The first kappa shape index (κ1) is 20.3. The molecule has 2 amide bonds. The molecule has 0 aliphatic heterocycles. The Bertz CT molecular complexity index is 852. The second-order valence-corrected chi connectivity index (χ2v) is 6.14. The summed E-state index contributed by atoms with van der Waals surface area (Å²) in [7, 11) is 0. The maximum atomic E-state index is 12.3. The van der Waals surface area contributed by atoms with Gasteiger partial charge >= 0.3 is 5.97 Å². The Hall–Kier alpha value is -3.06. The highest BCUT2D eigenvalue weighted by molar-refractivity contribution is 6.31. The topological polar surface area (TPSA) is 108 Å². The Kier molecular flexibility index (Phi) is 6.79. The van der Waals surface area contributed by atoms with E-state index in [4.69, 9.17) is 26.8 Å². The standard InChI is InChI=1S/C19H19ClN2O5/c1-11-15(20)4-3-5-16(11)22-18(24)12(2)27-19(25)13-6-8-14(9-7-13)26-10-17(21)23/h3-9,12H,10H2,1-2H3,(H2,21,23)(H,22,24)/t12-/m0/s1. The van der Waals surface area contributed by atoms with E-state index in [9.17, 15) is 14.4 Å². The van der Waals surface area contributed by atoms with Crippen molar-refractivity contribution in [3.8, 4) is 5.75 Å². The predicted octanol–water partition coefficient (Wildman–Crippen LogP) is 2.70. The number of halogens is 1.